The number of fused-ring (bicyclic) bond motifs is 1. The normalized spacial score (nSPS) is 10.5. The number of benzene rings is 2. The molecular weight excluding hydrogens is 262 g/mol. The maximum atomic E-state index is 11.9. The van der Waals surface area contributed by atoms with Crippen molar-refractivity contribution in [1.82, 2.24) is 0 Å². The predicted octanol–water partition coefficient (Wildman–Crippen LogP) is 2.96. The summed E-state index contributed by atoms with van der Waals surface area (Å²) in [5, 5.41) is 0.905. The van der Waals surface area contributed by atoms with Crippen molar-refractivity contribution in [1.29, 1.82) is 0 Å². The van der Waals surface area contributed by atoms with Crippen molar-refractivity contribution < 1.29 is 14.1 Å². The van der Waals surface area contributed by atoms with Crippen molar-refractivity contribution in [3.05, 3.63) is 78.0 Å². The maximum absolute atomic E-state index is 11.9. The summed E-state index contributed by atoms with van der Waals surface area (Å²) in [4.78, 5) is 11.9. The van der Waals surface area contributed by atoms with E-state index in [4.69, 9.17) is 4.74 Å². The van der Waals surface area contributed by atoms with Gasteiger partial charge in [-0.05, 0) is 6.07 Å². The zero-order valence-electron chi connectivity index (χ0n) is 11.8. The SMILES string of the molecule is COC(=O)c1cc[n+](Cc2ccccc2)c2ccccc12. The van der Waals surface area contributed by atoms with Crippen LogP contribution in [0.15, 0.2) is 66.9 Å². The van der Waals surface area contributed by atoms with Crippen LogP contribution in [0.1, 0.15) is 15.9 Å². The molecule has 3 aromatic rings. The number of carbonyl (C=O) groups is 1. The summed E-state index contributed by atoms with van der Waals surface area (Å²) in [6.45, 7) is 0.767. The predicted molar refractivity (Wildman–Crippen MR) is 81.0 cm³/mol. The number of para-hydroxylation sites is 1. The van der Waals surface area contributed by atoms with Crippen molar-refractivity contribution in [2.24, 2.45) is 0 Å². The van der Waals surface area contributed by atoms with Gasteiger partial charge in [-0.1, -0.05) is 42.5 Å². The second-order valence-electron chi connectivity index (χ2n) is 4.85. The highest BCUT2D eigenvalue weighted by atomic mass is 16.5. The number of pyridine rings is 1. The Morgan fingerprint density at radius 1 is 1.00 bits per heavy atom. The maximum Gasteiger partial charge on any atom is 0.338 e. The molecule has 3 rings (SSSR count). The van der Waals surface area contributed by atoms with Gasteiger partial charge in [0.1, 0.15) is 0 Å². The zero-order chi connectivity index (χ0) is 14.7. The first kappa shape index (κ1) is 13.3. The smallest absolute Gasteiger partial charge is 0.338 e. The molecular formula is C18H16NO2+. The van der Waals surface area contributed by atoms with Crippen LogP contribution in [0, 0.1) is 0 Å². The quantitative estimate of drug-likeness (QED) is 0.544. The van der Waals surface area contributed by atoms with E-state index in [2.05, 4.69) is 16.7 Å². The standard InChI is InChI=1S/C18H16NO2/c1-21-18(20)16-11-12-19(13-14-7-3-2-4-8-14)17-10-6-5-9-15(16)17/h2-12H,13H2,1H3/q+1. The van der Waals surface area contributed by atoms with E-state index in [0.717, 1.165) is 17.4 Å². The molecule has 0 bridgehead atoms. The van der Waals surface area contributed by atoms with Gasteiger partial charge in [-0.3, -0.25) is 0 Å². The summed E-state index contributed by atoms with van der Waals surface area (Å²) in [7, 11) is 1.40. The van der Waals surface area contributed by atoms with Gasteiger partial charge in [0.15, 0.2) is 12.7 Å². The lowest BCUT2D eigenvalue weighted by Gasteiger charge is -2.05. The summed E-state index contributed by atoms with van der Waals surface area (Å²) in [6.07, 6.45) is 1.93. The van der Waals surface area contributed by atoms with Gasteiger partial charge in [-0.2, -0.15) is 4.57 Å². The first-order valence-corrected chi connectivity index (χ1v) is 6.83. The van der Waals surface area contributed by atoms with Gasteiger partial charge >= 0.3 is 5.97 Å². The Kier molecular flexibility index (Phi) is 3.65. The molecule has 104 valence electrons. The van der Waals surface area contributed by atoms with Gasteiger partial charge in [0.25, 0.3) is 0 Å². The summed E-state index contributed by atoms with van der Waals surface area (Å²) < 4.78 is 6.99. The number of hydrogen-bond donors (Lipinski definition) is 0. The van der Waals surface area contributed by atoms with Crippen LogP contribution in [-0.4, -0.2) is 13.1 Å². The second-order valence-corrected chi connectivity index (χ2v) is 4.85. The number of carbonyl (C=O) groups excluding carboxylic acids is 1. The molecule has 0 atom stereocenters. The highest BCUT2D eigenvalue weighted by molar-refractivity contribution is 6.02. The van der Waals surface area contributed by atoms with Gasteiger partial charge in [-0.25, -0.2) is 4.79 Å². The van der Waals surface area contributed by atoms with Crippen LogP contribution in [0.2, 0.25) is 0 Å². The molecule has 0 radical (unpaired) electrons. The highest BCUT2D eigenvalue weighted by Gasteiger charge is 2.17. The number of ether oxygens (including phenoxy) is 1. The number of nitrogens with zero attached hydrogens (tertiary/aromatic N) is 1. The Morgan fingerprint density at radius 3 is 2.48 bits per heavy atom. The largest absolute Gasteiger partial charge is 0.465 e. The Morgan fingerprint density at radius 2 is 1.71 bits per heavy atom. The molecule has 0 amide bonds. The molecule has 0 fully saturated rings. The highest BCUT2D eigenvalue weighted by Crippen LogP contribution is 2.16. The van der Waals surface area contributed by atoms with Crippen LogP contribution in [0.5, 0.6) is 0 Å². The molecule has 3 nitrogen and oxygen atoms in total. The van der Waals surface area contributed by atoms with Crippen molar-refractivity contribution in [2.75, 3.05) is 7.11 Å². The molecule has 21 heavy (non-hydrogen) atoms. The molecule has 0 N–H and O–H groups in total. The molecule has 0 unspecified atom stereocenters. The lowest BCUT2D eigenvalue weighted by molar-refractivity contribution is -0.662. The number of aromatic nitrogens is 1. The molecule has 1 heterocycles. The monoisotopic (exact) mass is 278 g/mol. The van der Waals surface area contributed by atoms with Crippen molar-refractivity contribution >= 4 is 16.9 Å². The van der Waals surface area contributed by atoms with E-state index >= 15 is 0 Å². The fraction of sp³-hybridized carbons (Fsp3) is 0.111. The van der Waals surface area contributed by atoms with E-state index in [0.29, 0.717) is 5.56 Å². The van der Waals surface area contributed by atoms with Crippen LogP contribution < -0.4 is 4.57 Å². The Labute approximate surface area is 123 Å². The number of rotatable bonds is 3. The first-order chi connectivity index (χ1) is 10.3. The van der Waals surface area contributed by atoms with E-state index in [1.54, 1.807) is 0 Å². The van der Waals surface area contributed by atoms with Gasteiger partial charge in [0, 0.05) is 17.7 Å². The summed E-state index contributed by atoms with van der Waals surface area (Å²) in [5.41, 5.74) is 2.83. The average Bonchev–Trinajstić information content (AvgIpc) is 2.55. The minimum atomic E-state index is -0.307. The number of hydrogen-bond acceptors (Lipinski definition) is 2. The third kappa shape index (κ3) is 2.63. The topological polar surface area (TPSA) is 30.2 Å². The number of esters is 1. The van der Waals surface area contributed by atoms with E-state index in [-0.39, 0.29) is 5.97 Å². The lowest BCUT2D eigenvalue weighted by atomic mass is 10.1. The number of methoxy groups -OCH3 is 1. The average molecular weight is 278 g/mol. The van der Waals surface area contributed by atoms with Gasteiger partial charge < -0.3 is 4.74 Å². The van der Waals surface area contributed by atoms with Crippen molar-refractivity contribution in [2.45, 2.75) is 6.54 Å². The van der Waals surface area contributed by atoms with Crippen molar-refractivity contribution in [3.8, 4) is 0 Å². The summed E-state index contributed by atoms with van der Waals surface area (Å²) in [5.74, 6) is -0.307. The molecule has 0 saturated heterocycles. The van der Waals surface area contributed by atoms with Gasteiger partial charge in [0.2, 0.25) is 5.52 Å². The van der Waals surface area contributed by atoms with Crippen molar-refractivity contribution in [3.63, 3.8) is 0 Å². The molecule has 0 aliphatic heterocycles. The van der Waals surface area contributed by atoms with Crippen LogP contribution >= 0.6 is 0 Å². The molecule has 0 aliphatic rings. The molecule has 0 aliphatic carbocycles. The van der Waals surface area contributed by atoms with Crippen LogP contribution in [0.3, 0.4) is 0 Å². The fourth-order valence-electron chi connectivity index (χ4n) is 2.49. The lowest BCUT2D eigenvalue weighted by Crippen LogP contribution is -2.35. The Hall–Kier alpha value is -2.68. The minimum absolute atomic E-state index is 0.307. The zero-order valence-corrected chi connectivity index (χ0v) is 11.8. The molecule has 2 aromatic carbocycles. The van der Waals surface area contributed by atoms with Crippen LogP contribution in [0.4, 0.5) is 0 Å². The molecule has 0 spiro atoms. The molecule has 3 heteroatoms. The minimum Gasteiger partial charge on any atom is -0.465 e. The van der Waals surface area contributed by atoms with E-state index in [9.17, 15) is 4.79 Å². The fourth-order valence-corrected chi connectivity index (χ4v) is 2.49. The summed E-state index contributed by atoms with van der Waals surface area (Å²) in [6, 6.07) is 19.9. The van der Waals surface area contributed by atoms with E-state index < -0.39 is 0 Å². The first-order valence-electron chi connectivity index (χ1n) is 6.83. The van der Waals surface area contributed by atoms with Crippen LogP contribution in [0.25, 0.3) is 10.9 Å². The Balaban J connectivity index is 2.11. The molecule has 1 aromatic heterocycles. The van der Waals surface area contributed by atoms with Gasteiger partial charge in [0.05, 0.1) is 18.1 Å². The third-order valence-corrected chi connectivity index (χ3v) is 3.53. The second kappa shape index (κ2) is 5.75. The van der Waals surface area contributed by atoms with E-state index in [1.807, 2.05) is 54.7 Å². The molecule has 0 saturated carbocycles. The van der Waals surface area contributed by atoms with Gasteiger partial charge in [-0.15, -0.1) is 0 Å². The third-order valence-electron chi connectivity index (χ3n) is 3.53. The van der Waals surface area contributed by atoms with Crippen LogP contribution in [-0.2, 0) is 11.3 Å². The van der Waals surface area contributed by atoms with E-state index in [1.165, 1.54) is 12.7 Å². The Bertz CT molecular complexity index is 782. The summed E-state index contributed by atoms with van der Waals surface area (Å²) >= 11 is 0.